The Bertz CT molecular complexity index is 800. The highest BCUT2D eigenvalue weighted by atomic mass is 79.9. The van der Waals surface area contributed by atoms with Gasteiger partial charge in [-0.2, -0.15) is 18.2 Å². The summed E-state index contributed by atoms with van der Waals surface area (Å²) in [4.78, 5) is 4.15. The van der Waals surface area contributed by atoms with Gasteiger partial charge in [0.25, 0.3) is 5.89 Å². The summed E-state index contributed by atoms with van der Waals surface area (Å²) < 4.78 is 43.9. The molecule has 0 bridgehead atoms. The second-order valence-electron chi connectivity index (χ2n) is 4.52. The molecule has 2 aromatic carbocycles. The van der Waals surface area contributed by atoms with Crippen LogP contribution in [0.1, 0.15) is 5.56 Å². The van der Waals surface area contributed by atoms with Crippen LogP contribution >= 0.6 is 15.9 Å². The van der Waals surface area contributed by atoms with E-state index in [9.17, 15) is 13.2 Å². The van der Waals surface area contributed by atoms with E-state index in [1.165, 1.54) is 6.07 Å². The van der Waals surface area contributed by atoms with Crippen LogP contribution in [0.4, 0.5) is 13.2 Å². The van der Waals surface area contributed by atoms with E-state index in [1.807, 2.05) is 18.2 Å². The molecular weight excluding hydrogens is 361 g/mol. The number of aromatic nitrogens is 2. The van der Waals surface area contributed by atoms with Crippen LogP contribution in [0.3, 0.4) is 0 Å². The third-order valence-electron chi connectivity index (χ3n) is 2.93. The van der Waals surface area contributed by atoms with Gasteiger partial charge in [-0.15, -0.1) is 0 Å². The Hall–Kier alpha value is -2.15. The Morgan fingerprint density at radius 3 is 2.36 bits per heavy atom. The Morgan fingerprint density at radius 2 is 1.68 bits per heavy atom. The van der Waals surface area contributed by atoms with Crippen LogP contribution in [0.5, 0.6) is 0 Å². The first-order valence-electron chi connectivity index (χ1n) is 6.21. The standard InChI is InChI=1S/C15H8BrF3N2O/c16-12-7-10(6-11(8-12)15(17,18)19)14-20-13(21-22-14)9-4-2-1-3-5-9/h1-8H. The minimum atomic E-state index is -4.44. The quantitative estimate of drug-likeness (QED) is 0.625. The maximum Gasteiger partial charge on any atom is 0.416 e. The lowest BCUT2D eigenvalue weighted by Crippen LogP contribution is -2.04. The van der Waals surface area contributed by atoms with Crippen molar-refractivity contribution in [1.82, 2.24) is 10.1 Å². The van der Waals surface area contributed by atoms with Gasteiger partial charge in [-0.3, -0.25) is 0 Å². The van der Waals surface area contributed by atoms with E-state index in [0.29, 0.717) is 5.82 Å². The molecule has 0 aliphatic heterocycles. The predicted octanol–water partition coefficient (Wildman–Crippen LogP) is 5.18. The van der Waals surface area contributed by atoms with Crippen molar-refractivity contribution in [1.29, 1.82) is 0 Å². The lowest BCUT2D eigenvalue weighted by atomic mass is 10.1. The Kier molecular flexibility index (Phi) is 3.74. The van der Waals surface area contributed by atoms with E-state index in [0.717, 1.165) is 17.7 Å². The molecule has 0 atom stereocenters. The summed E-state index contributed by atoms with van der Waals surface area (Å²) in [6.07, 6.45) is -4.44. The van der Waals surface area contributed by atoms with Crippen molar-refractivity contribution in [2.24, 2.45) is 0 Å². The van der Waals surface area contributed by atoms with Gasteiger partial charge in [0.1, 0.15) is 0 Å². The smallest absolute Gasteiger partial charge is 0.334 e. The number of nitrogens with zero attached hydrogens (tertiary/aromatic N) is 2. The van der Waals surface area contributed by atoms with E-state index in [-0.39, 0.29) is 15.9 Å². The van der Waals surface area contributed by atoms with Crippen LogP contribution < -0.4 is 0 Å². The maximum absolute atomic E-state index is 12.8. The molecule has 22 heavy (non-hydrogen) atoms. The summed E-state index contributed by atoms with van der Waals surface area (Å²) in [5, 5.41) is 3.80. The third kappa shape index (κ3) is 3.04. The molecule has 3 rings (SSSR count). The third-order valence-corrected chi connectivity index (χ3v) is 3.39. The van der Waals surface area contributed by atoms with Crippen LogP contribution in [-0.4, -0.2) is 10.1 Å². The topological polar surface area (TPSA) is 38.9 Å². The molecule has 0 N–H and O–H groups in total. The Labute approximate surface area is 131 Å². The minimum Gasteiger partial charge on any atom is -0.334 e. The fraction of sp³-hybridized carbons (Fsp3) is 0.0667. The number of rotatable bonds is 2. The first-order chi connectivity index (χ1) is 10.4. The first kappa shape index (κ1) is 14.8. The minimum absolute atomic E-state index is 0.0330. The molecular formula is C15H8BrF3N2O. The van der Waals surface area contributed by atoms with E-state index < -0.39 is 11.7 Å². The van der Waals surface area contributed by atoms with Gasteiger partial charge in [0, 0.05) is 15.6 Å². The molecule has 0 spiro atoms. The lowest BCUT2D eigenvalue weighted by molar-refractivity contribution is -0.137. The van der Waals surface area contributed by atoms with Gasteiger partial charge in [0.05, 0.1) is 5.56 Å². The van der Waals surface area contributed by atoms with Crippen molar-refractivity contribution in [2.75, 3.05) is 0 Å². The van der Waals surface area contributed by atoms with Crippen LogP contribution in [0.15, 0.2) is 57.5 Å². The zero-order chi connectivity index (χ0) is 15.7. The van der Waals surface area contributed by atoms with Gasteiger partial charge in [0.2, 0.25) is 5.82 Å². The van der Waals surface area contributed by atoms with Crippen LogP contribution in [0.25, 0.3) is 22.8 Å². The molecule has 0 radical (unpaired) electrons. The van der Waals surface area contributed by atoms with Gasteiger partial charge < -0.3 is 4.52 Å². The summed E-state index contributed by atoms with van der Waals surface area (Å²) in [7, 11) is 0. The number of hydrogen-bond donors (Lipinski definition) is 0. The molecule has 0 fully saturated rings. The zero-order valence-corrected chi connectivity index (χ0v) is 12.5. The van der Waals surface area contributed by atoms with Gasteiger partial charge in [-0.05, 0) is 18.2 Å². The number of benzene rings is 2. The molecule has 0 unspecified atom stereocenters. The molecule has 3 nitrogen and oxygen atoms in total. The number of hydrogen-bond acceptors (Lipinski definition) is 3. The van der Waals surface area contributed by atoms with Gasteiger partial charge in [-0.25, -0.2) is 0 Å². The summed E-state index contributed by atoms with van der Waals surface area (Å²) in [6, 6.07) is 12.5. The molecule has 1 aromatic heterocycles. The average molecular weight is 369 g/mol. The SMILES string of the molecule is FC(F)(F)c1cc(Br)cc(-c2nc(-c3ccccc3)no2)c1. The van der Waals surface area contributed by atoms with Crippen LogP contribution in [0.2, 0.25) is 0 Å². The lowest BCUT2D eigenvalue weighted by Gasteiger charge is -2.08. The van der Waals surface area contributed by atoms with Crippen molar-refractivity contribution in [2.45, 2.75) is 6.18 Å². The highest BCUT2D eigenvalue weighted by molar-refractivity contribution is 9.10. The Morgan fingerprint density at radius 1 is 0.955 bits per heavy atom. The number of alkyl halides is 3. The maximum atomic E-state index is 12.8. The fourth-order valence-corrected chi connectivity index (χ4v) is 2.42. The van der Waals surface area contributed by atoms with Gasteiger partial charge in [0.15, 0.2) is 0 Å². The molecule has 0 aliphatic rings. The van der Waals surface area contributed by atoms with E-state index in [4.69, 9.17) is 4.52 Å². The summed E-state index contributed by atoms with van der Waals surface area (Å²) >= 11 is 3.06. The summed E-state index contributed by atoms with van der Waals surface area (Å²) in [5.74, 6) is 0.356. The largest absolute Gasteiger partial charge is 0.416 e. The highest BCUT2D eigenvalue weighted by Gasteiger charge is 2.31. The second-order valence-corrected chi connectivity index (χ2v) is 5.43. The number of halogens is 4. The van der Waals surface area contributed by atoms with Crippen molar-refractivity contribution >= 4 is 15.9 Å². The molecule has 0 amide bonds. The predicted molar refractivity (Wildman–Crippen MR) is 77.9 cm³/mol. The van der Waals surface area contributed by atoms with Crippen molar-refractivity contribution in [3.05, 3.63) is 58.6 Å². The summed E-state index contributed by atoms with van der Waals surface area (Å²) in [5.41, 5.74) is 0.149. The zero-order valence-electron chi connectivity index (χ0n) is 10.9. The molecule has 112 valence electrons. The average Bonchev–Trinajstić information content (AvgIpc) is 2.96. The first-order valence-corrected chi connectivity index (χ1v) is 7.00. The molecule has 7 heteroatoms. The van der Waals surface area contributed by atoms with E-state index in [1.54, 1.807) is 12.1 Å². The highest BCUT2D eigenvalue weighted by Crippen LogP contribution is 2.34. The Balaban J connectivity index is 2.02. The van der Waals surface area contributed by atoms with Crippen molar-refractivity contribution < 1.29 is 17.7 Å². The van der Waals surface area contributed by atoms with Gasteiger partial charge in [-0.1, -0.05) is 51.4 Å². The molecule has 1 heterocycles. The molecule has 3 aromatic rings. The van der Waals surface area contributed by atoms with E-state index >= 15 is 0 Å². The van der Waals surface area contributed by atoms with E-state index in [2.05, 4.69) is 26.1 Å². The van der Waals surface area contributed by atoms with Crippen molar-refractivity contribution in [3.8, 4) is 22.8 Å². The van der Waals surface area contributed by atoms with Crippen molar-refractivity contribution in [3.63, 3.8) is 0 Å². The molecule has 0 saturated carbocycles. The normalized spacial score (nSPS) is 11.6. The summed E-state index contributed by atoms with van der Waals surface area (Å²) in [6.45, 7) is 0. The molecule has 0 aliphatic carbocycles. The van der Waals surface area contributed by atoms with Crippen LogP contribution in [-0.2, 0) is 6.18 Å². The van der Waals surface area contributed by atoms with Gasteiger partial charge >= 0.3 is 6.18 Å². The second kappa shape index (κ2) is 5.57. The fourth-order valence-electron chi connectivity index (χ4n) is 1.92. The monoisotopic (exact) mass is 368 g/mol. The van der Waals surface area contributed by atoms with Crippen LogP contribution in [0, 0.1) is 0 Å². The molecule has 0 saturated heterocycles.